The van der Waals surface area contributed by atoms with E-state index in [0.717, 1.165) is 11.3 Å². The second-order valence-electron chi connectivity index (χ2n) is 5.11. The molecule has 3 rings (SSSR count). The van der Waals surface area contributed by atoms with Gasteiger partial charge >= 0.3 is 0 Å². The van der Waals surface area contributed by atoms with E-state index in [0.29, 0.717) is 22.8 Å². The van der Waals surface area contributed by atoms with E-state index in [-0.39, 0.29) is 0 Å². The van der Waals surface area contributed by atoms with Gasteiger partial charge in [0.2, 0.25) is 0 Å². The second-order valence-corrected chi connectivity index (χ2v) is 5.11. The van der Waals surface area contributed by atoms with E-state index in [2.05, 4.69) is 15.0 Å². The Morgan fingerprint density at radius 1 is 0.708 bits per heavy atom. The molecule has 1 heterocycles. The molecule has 0 radical (unpaired) electrons. The van der Waals surface area contributed by atoms with Gasteiger partial charge in [-0.25, -0.2) is 0 Å². The van der Waals surface area contributed by atoms with E-state index >= 15 is 0 Å². The quantitative estimate of drug-likeness (QED) is 0.567. The van der Waals surface area contributed by atoms with Crippen LogP contribution >= 0.6 is 0 Å². The van der Waals surface area contributed by atoms with Crippen LogP contribution in [0.1, 0.15) is 11.3 Å². The lowest BCUT2D eigenvalue weighted by Crippen LogP contribution is -1.95. The molecule has 1 aromatic heterocycles. The minimum Gasteiger partial charge on any atom is -0.397 e. The second kappa shape index (κ2) is 7.19. The lowest BCUT2D eigenvalue weighted by molar-refractivity contribution is 1.29. The van der Waals surface area contributed by atoms with Crippen molar-refractivity contribution in [3.63, 3.8) is 0 Å². The molecule has 0 fully saturated rings. The first-order valence-electron chi connectivity index (χ1n) is 7.46. The summed E-state index contributed by atoms with van der Waals surface area (Å²) in [5.41, 5.74) is 16.0. The van der Waals surface area contributed by atoms with Crippen molar-refractivity contribution in [3.8, 4) is 0 Å². The van der Waals surface area contributed by atoms with Crippen LogP contribution in [-0.4, -0.2) is 17.4 Å². The third-order valence-electron chi connectivity index (χ3n) is 3.41. The van der Waals surface area contributed by atoms with E-state index < -0.39 is 0 Å². The van der Waals surface area contributed by atoms with Gasteiger partial charge in [0.15, 0.2) is 0 Å². The molecular formula is C19H17N5. The largest absolute Gasteiger partial charge is 0.397 e. The van der Waals surface area contributed by atoms with Crippen molar-refractivity contribution in [1.29, 1.82) is 0 Å². The molecule has 0 saturated heterocycles. The molecular weight excluding hydrogens is 298 g/mol. The van der Waals surface area contributed by atoms with Gasteiger partial charge in [0.05, 0.1) is 34.7 Å². The molecule has 0 spiro atoms. The van der Waals surface area contributed by atoms with E-state index in [9.17, 15) is 0 Å². The number of para-hydroxylation sites is 4. The van der Waals surface area contributed by atoms with E-state index in [4.69, 9.17) is 11.5 Å². The minimum absolute atomic E-state index is 0.622. The first kappa shape index (κ1) is 15.4. The molecule has 24 heavy (non-hydrogen) atoms. The third kappa shape index (κ3) is 3.64. The highest BCUT2D eigenvalue weighted by Crippen LogP contribution is 2.21. The zero-order valence-corrected chi connectivity index (χ0v) is 13.0. The Balaban J connectivity index is 1.89. The van der Waals surface area contributed by atoms with Gasteiger partial charge in [-0.15, -0.1) is 0 Å². The number of nitrogens with two attached hydrogens (primary N) is 2. The summed E-state index contributed by atoms with van der Waals surface area (Å²) in [6, 6.07) is 18.7. The fourth-order valence-corrected chi connectivity index (χ4v) is 2.13. The minimum atomic E-state index is 0.622. The van der Waals surface area contributed by atoms with Crippen LogP contribution in [0.25, 0.3) is 0 Å². The molecule has 3 aromatic rings. The van der Waals surface area contributed by atoms with Gasteiger partial charge in [-0.2, -0.15) is 0 Å². The van der Waals surface area contributed by atoms with Crippen LogP contribution in [0.4, 0.5) is 22.7 Å². The predicted molar refractivity (Wildman–Crippen MR) is 100 cm³/mol. The van der Waals surface area contributed by atoms with Crippen LogP contribution in [-0.2, 0) is 0 Å². The van der Waals surface area contributed by atoms with Gasteiger partial charge < -0.3 is 11.5 Å². The van der Waals surface area contributed by atoms with E-state index in [1.807, 2.05) is 60.7 Å². The molecule has 4 N–H and O–H groups in total. The SMILES string of the molecule is Nc1ccccc1N=Cc1cccnc1C=Nc1ccccc1N. The maximum Gasteiger partial charge on any atom is 0.0900 e. The molecule has 0 saturated carbocycles. The zero-order valence-electron chi connectivity index (χ0n) is 13.0. The van der Waals surface area contributed by atoms with Gasteiger partial charge in [-0.3, -0.25) is 15.0 Å². The Labute approximate surface area is 140 Å². The summed E-state index contributed by atoms with van der Waals surface area (Å²) in [6.45, 7) is 0. The number of aromatic nitrogens is 1. The van der Waals surface area contributed by atoms with Crippen LogP contribution in [0.15, 0.2) is 76.8 Å². The fourth-order valence-electron chi connectivity index (χ4n) is 2.13. The molecule has 5 nitrogen and oxygen atoms in total. The summed E-state index contributed by atoms with van der Waals surface area (Å²) in [6.07, 6.45) is 5.12. The summed E-state index contributed by atoms with van der Waals surface area (Å²) < 4.78 is 0. The smallest absolute Gasteiger partial charge is 0.0900 e. The van der Waals surface area contributed by atoms with Crippen LogP contribution in [0.5, 0.6) is 0 Å². The van der Waals surface area contributed by atoms with E-state index in [1.165, 1.54) is 0 Å². The molecule has 0 aliphatic carbocycles. The Morgan fingerprint density at radius 2 is 1.29 bits per heavy atom. The average Bonchev–Trinajstić information content (AvgIpc) is 2.61. The molecule has 0 aliphatic heterocycles. The Hall–Kier alpha value is -3.47. The highest BCUT2D eigenvalue weighted by atomic mass is 14.8. The number of nitrogen functional groups attached to an aromatic ring is 2. The van der Waals surface area contributed by atoms with Gasteiger partial charge in [-0.05, 0) is 36.4 Å². The summed E-state index contributed by atoms with van der Waals surface area (Å²) in [7, 11) is 0. The number of nitrogens with zero attached hydrogens (tertiary/aromatic N) is 3. The van der Waals surface area contributed by atoms with Crippen LogP contribution in [0.3, 0.4) is 0 Å². The maximum atomic E-state index is 5.90. The summed E-state index contributed by atoms with van der Waals surface area (Å²) in [5.74, 6) is 0. The molecule has 0 unspecified atom stereocenters. The highest BCUT2D eigenvalue weighted by molar-refractivity contribution is 5.95. The normalized spacial score (nSPS) is 11.3. The van der Waals surface area contributed by atoms with Crippen LogP contribution in [0.2, 0.25) is 0 Å². The van der Waals surface area contributed by atoms with Crippen LogP contribution in [0, 0.1) is 0 Å². The lowest BCUT2D eigenvalue weighted by atomic mass is 10.2. The molecule has 0 amide bonds. The first-order valence-corrected chi connectivity index (χ1v) is 7.46. The van der Waals surface area contributed by atoms with Crippen LogP contribution < -0.4 is 11.5 Å². The van der Waals surface area contributed by atoms with Gasteiger partial charge in [0.25, 0.3) is 0 Å². The standard InChI is InChI=1S/C19H17N5/c20-15-7-1-3-9-17(15)23-12-14-6-5-11-22-19(14)13-24-18-10-4-2-8-16(18)21/h1-13H,20-21H2. The van der Waals surface area contributed by atoms with Crippen molar-refractivity contribution in [2.45, 2.75) is 0 Å². The number of anilines is 2. The average molecular weight is 315 g/mol. The highest BCUT2D eigenvalue weighted by Gasteiger charge is 2.00. The monoisotopic (exact) mass is 315 g/mol. The number of aliphatic imine (C=N–C) groups is 2. The number of rotatable bonds is 4. The summed E-state index contributed by atoms with van der Waals surface area (Å²) >= 11 is 0. The van der Waals surface area contributed by atoms with Gasteiger partial charge in [-0.1, -0.05) is 24.3 Å². The first-order chi connectivity index (χ1) is 11.7. The Morgan fingerprint density at radius 3 is 1.92 bits per heavy atom. The molecule has 5 heteroatoms. The molecule has 0 bridgehead atoms. The predicted octanol–water partition coefficient (Wildman–Crippen LogP) is 3.75. The van der Waals surface area contributed by atoms with Crippen molar-refractivity contribution in [3.05, 3.63) is 78.1 Å². The number of hydrogen-bond acceptors (Lipinski definition) is 5. The fraction of sp³-hybridized carbons (Fsp3) is 0. The lowest BCUT2D eigenvalue weighted by Gasteiger charge is -2.01. The van der Waals surface area contributed by atoms with Gasteiger partial charge in [0.1, 0.15) is 0 Å². The number of benzene rings is 2. The van der Waals surface area contributed by atoms with Crippen molar-refractivity contribution in [2.75, 3.05) is 11.5 Å². The third-order valence-corrected chi connectivity index (χ3v) is 3.41. The molecule has 0 aliphatic rings. The number of pyridine rings is 1. The van der Waals surface area contributed by atoms with Crippen molar-refractivity contribution in [1.82, 2.24) is 4.98 Å². The molecule has 2 aromatic carbocycles. The maximum absolute atomic E-state index is 5.90. The number of hydrogen-bond donors (Lipinski definition) is 2. The molecule has 118 valence electrons. The Bertz CT molecular complexity index is 825. The topological polar surface area (TPSA) is 89.6 Å². The van der Waals surface area contributed by atoms with Crippen molar-refractivity contribution >= 4 is 35.2 Å². The molecule has 0 atom stereocenters. The van der Waals surface area contributed by atoms with Crippen molar-refractivity contribution in [2.24, 2.45) is 9.98 Å². The zero-order chi connectivity index (χ0) is 16.8. The van der Waals surface area contributed by atoms with Crippen molar-refractivity contribution < 1.29 is 0 Å². The summed E-state index contributed by atoms with van der Waals surface area (Å²) in [5, 5.41) is 0. The Kier molecular flexibility index (Phi) is 4.62. The van der Waals surface area contributed by atoms with E-state index in [1.54, 1.807) is 18.6 Å². The summed E-state index contributed by atoms with van der Waals surface area (Å²) in [4.78, 5) is 13.2. The van der Waals surface area contributed by atoms with Gasteiger partial charge in [0, 0.05) is 18.0 Å².